The van der Waals surface area contributed by atoms with E-state index in [4.69, 9.17) is 23.2 Å². The maximum absolute atomic E-state index is 12.0. The molecule has 2 N–H and O–H groups in total. The fourth-order valence-corrected chi connectivity index (χ4v) is 2.64. The number of aliphatic hydroxyl groups is 1. The average Bonchev–Trinajstić information content (AvgIpc) is 2.57. The number of benzene rings is 2. The second kappa shape index (κ2) is 8.56. The number of carbonyl (C=O) groups is 1. The molecule has 0 aliphatic heterocycles. The monoisotopic (exact) mass is 374 g/mol. The molecule has 0 aliphatic carbocycles. The molecule has 0 atom stereocenters. The van der Waals surface area contributed by atoms with E-state index in [-0.39, 0.29) is 17.1 Å². The quantitative estimate of drug-likeness (QED) is 0.392. The first kappa shape index (κ1) is 18.8. The minimum Gasteiger partial charge on any atom is -0.507 e. The van der Waals surface area contributed by atoms with Crippen LogP contribution in [-0.2, 0) is 11.2 Å². The SMILES string of the molecule is C=CCc1cc(Cl)cc(/C(O)=C/C(=O)/C=C/c2ccccc2Cl)c1O. The highest BCUT2D eigenvalue weighted by molar-refractivity contribution is 6.32. The van der Waals surface area contributed by atoms with Crippen LogP contribution in [0.25, 0.3) is 11.8 Å². The molecule has 0 unspecified atom stereocenters. The van der Waals surface area contributed by atoms with E-state index in [1.165, 1.54) is 12.1 Å². The molecule has 0 saturated heterocycles. The zero-order valence-electron chi connectivity index (χ0n) is 13.2. The molecule has 0 heterocycles. The molecule has 5 heteroatoms. The van der Waals surface area contributed by atoms with Crippen LogP contribution in [0.3, 0.4) is 0 Å². The van der Waals surface area contributed by atoms with Gasteiger partial charge in [-0.25, -0.2) is 0 Å². The zero-order valence-corrected chi connectivity index (χ0v) is 14.8. The summed E-state index contributed by atoms with van der Waals surface area (Å²) in [6.07, 6.45) is 5.83. The number of hydrogen-bond donors (Lipinski definition) is 2. The van der Waals surface area contributed by atoms with E-state index in [1.54, 1.807) is 42.5 Å². The van der Waals surface area contributed by atoms with Gasteiger partial charge in [-0.15, -0.1) is 6.58 Å². The van der Waals surface area contributed by atoms with Gasteiger partial charge in [0.1, 0.15) is 11.5 Å². The highest BCUT2D eigenvalue weighted by Crippen LogP contribution is 2.31. The Morgan fingerprint density at radius 3 is 2.60 bits per heavy atom. The number of rotatable bonds is 6. The fourth-order valence-electron chi connectivity index (χ4n) is 2.20. The lowest BCUT2D eigenvalue weighted by atomic mass is 10.0. The average molecular weight is 375 g/mol. The van der Waals surface area contributed by atoms with E-state index in [0.717, 1.165) is 6.08 Å². The number of halogens is 2. The molecular formula is C20H16Cl2O3. The van der Waals surface area contributed by atoms with Crippen LogP contribution >= 0.6 is 23.2 Å². The van der Waals surface area contributed by atoms with Crippen molar-refractivity contribution in [3.8, 4) is 5.75 Å². The number of phenols is 1. The van der Waals surface area contributed by atoms with Gasteiger partial charge < -0.3 is 10.2 Å². The van der Waals surface area contributed by atoms with Gasteiger partial charge in [-0.1, -0.05) is 47.5 Å². The normalized spacial score (nSPS) is 11.7. The molecular weight excluding hydrogens is 359 g/mol. The number of phenolic OH excluding ortho intramolecular Hbond substituents is 1. The van der Waals surface area contributed by atoms with Gasteiger partial charge in [-0.3, -0.25) is 4.79 Å². The number of carbonyl (C=O) groups excluding carboxylic acids is 1. The number of ketones is 1. The largest absolute Gasteiger partial charge is 0.507 e. The molecule has 0 radical (unpaired) electrons. The van der Waals surface area contributed by atoms with Crippen LogP contribution in [0, 0.1) is 0 Å². The lowest BCUT2D eigenvalue weighted by molar-refractivity contribution is -0.110. The highest BCUT2D eigenvalue weighted by atomic mass is 35.5. The minimum absolute atomic E-state index is 0.0869. The van der Waals surface area contributed by atoms with Gasteiger partial charge in [0.05, 0.1) is 5.56 Å². The van der Waals surface area contributed by atoms with Crippen LogP contribution < -0.4 is 0 Å². The van der Waals surface area contributed by atoms with Gasteiger partial charge >= 0.3 is 0 Å². The van der Waals surface area contributed by atoms with E-state index < -0.39 is 5.78 Å². The third kappa shape index (κ3) is 4.99. The smallest absolute Gasteiger partial charge is 0.182 e. The Hall–Kier alpha value is -2.49. The van der Waals surface area contributed by atoms with Crippen LogP contribution in [-0.4, -0.2) is 16.0 Å². The summed E-state index contributed by atoms with van der Waals surface area (Å²) >= 11 is 12.0. The van der Waals surface area contributed by atoms with E-state index in [0.29, 0.717) is 27.6 Å². The molecule has 0 fully saturated rings. The van der Waals surface area contributed by atoms with E-state index in [9.17, 15) is 15.0 Å². The standard InChI is InChI=1S/C20H16Cl2O3/c1-2-5-14-10-15(21)11-17(20(14)25)19(24)12-16(23)9-8-13-6-3-4-7-18(13)22/h2-4,6-12,24-25H,1,5H2/b9-8+,19-12-. The number of aromatic hydroxyl groups is 1. The topological polar surface area (TPSA) is 57.5 Å². The first-order chi connectivity index (χ1) is 11.9. The molecule has 0 bridgehead atoms. The first-order valence-corrected chi connectivity index (χ1v) is 8.18. The molecule has 0 aromatic heterocycles. The Bertz CT molecular complexity index is 867. The second-order valence-electron chi connectivity index (χ2n) is 5.24. The van der Waals surface area contributed by atoms with E-state index >= 15 is 0 Å². The van der Waals surface area contributed by atoms with Crippen molar-refractivity contribution >= 4 is 40.8 Å². The summed E-state index contributed by atoms with van der Waals surface area (Å²) in [5.41, 5.74) is 1.28. The predicted octanol–water partition coefficient (Wildman–Crippen LogP) is 5.61. The van der Waals surface area contributed by atoms with Gasteiger partial charge in [-0.2, -0.15) is 0 Å². The van der Waals surface area contributed by atoms with Gasteiger partial charge in [0.25, 0.3) is 0 Å². The van der Waals surface area contributed by atoms with Crippen molar-refractivity contribution < 1.29 is 15.0 Å². The molecule has 3 nitrogen and oxygen atoms in total. The molecule has 0 spiro atoms. The van der Waals surface area contributed by atoms with Gasteiger partial charge in [0, 0.05) is 16.1 Å². The first-order valence-electron chi connectivity index (χ1n) is 7.42. The second-order valence-corrected chi connectivity index (χ2v) is 6.08. The number of allylic oxidation sites excluding steroid dienone is 3. The lowest BCUT2D eigenvalue weighted by Gasteiger charge is -2.09. The summed E-state index contributed by atoms with van der Waals surface area (Å²) in [5.74, 6) is -0.970. The van der Waals surface area contributed by atoms with Gasteiger partial charge in [-0.05, 0) is 47.9 Å². The molecule has 2 aromatic rings. The third-order valence-corrected chi connectivity index (χ3v) is 3.97. The molecule has 0 saturated carbocycles. The van der Waals surface area contributed by atoms with Gasteiger partial charge in [0.15, 0.2) is 5.78 Å². The van der Waals surface area contributed by atoms with Crippen molar-refractivity contribution in [3.63, 3.8) is 0 Å². The Morgan fingerprint density at radius 2 is 1.92 bits per heavy atom. The molecule has 0 amide bonds. The maximum Gasteiger partial charge on any atom is 0.182 e. The fraction of sp³-hybridized carbons (Fsp3) is 0.0500. The van der Waals surface area contributed by atoms with Crippen LogP contribution in [0.1, 0.15) is 16.7 Å². The summed E-state index contributed by atoms with van der Waals surface area (Å²) in [6.45, 7) is 3.60. The molecule has 128 valence electrons. The van der Waals surface area contributed by atoms with Gasteiger partial charge in [0.2, 0.25) is 0 Å². The summed E-state index contributed by atoms with van der Waals surface area (Å²) in [6, 6.07) is 10.0. The van der Waals surface area contributed by atoms with Crippen molar-refractivity contribution in [2.75, 3.05) is 0 Å². The van der Waals surface area contributed by atoms with Crippen molar-refractivity contribution in [1.29, 1.82) is 0 Å². The van der Waals surface area contributed by atoms with Crippen LogP contribution in [0.4, 0.5) is 0 Å². The number of hydrogen-bond acceptors (Lipinski definition) is 3. The van der Waals surface area contributed by atoms with Crippen LogP contribution in [0.15, 0.2) is 61.2 Å². The molecule has 0 aliphatic rings. The summed E-state index contributed by atoms with van der Waals surface area (Å²) < 4.78 is 0. The Kier molecular flexibility index (Phi) is 6.45. The highest BCUT2D eigenvalue weighted by Gasteiger charge is 2.13. The van der Waals surface area contributed by atoms with Crippen LogP contribution in [0.2, 0.25) is 10.0 Å². The van der Waals surface area contributed by atoms with Crippen molar-refractivity contribution in [1.82, 2.24) is 0 Å². The Balaban J connectivity index is 2.28. The summed E-state index contributed by atoms with van der Waals surface area (Å²) in [4.78, 5) is 12.0. The third-order valence-electron chi connectivity index (χ3n) is 3.41. The van der Waals surface area contributed by atoms with Crippen molar-refractivity contribution in [2.45, 2.75) is 6.42 Å². The van der Waals surface area contributed by atoms with Crippen LogP contribution in [0.5, 0.6) is 5.75 Å². The zero-order chi connectivity index (χ0) is 18.4. The molecule has 2 aromatic carbocycles. The summed E-state index contributed by atoms with van der Waals surface area (Å²) in [7, 11) is 0. The summed E-state index contributed by atoms with van der Waals surface area (Å²) in [5, 5.41) is 21.2. The van der Waals surface area contributed by atoms with Crippen molar-refractivity contribution in [2.24, 2.45) is 0 Å². The molecule has 2 rings (SSSR count). The van der Waals surface area contributed by atoms with Crippen molar-refractivity contribution in [3.05, 3.63) is 87.9 Å². The van der Waals surface area contributed by atoms with E-state index in [2.05, 4.69) is 6.58 Å². The van der Waals surface area contributed by atoms with E-state index in [1.807, 2.05) is 0 Å². The minimum atomic E-state index is -0.456. The lowest BCUT2D eigenvalue weighted by Crippen LogP contribution is -1.94. The Morgan fingerprint density at radius 1 is 1.20 bits per heavy atom. The Labute approximate surface area is 156 Å². The molecule has 25 heavy (non-hydrogen) atoms. The number of aliphatic hydroxyl groups excluding tert-OH is 1. The predicted molar refractivity (Wildman–Crippen MR) is 103 cm³/mol. The maximum atomic E-state index is 12.0.